The Kier molecular flexibility index (Phi) is 6.17. The van der Waals surface area contributed by atoms with Crippen LogP contribution in [-0.4, -0.2) is 19.6 Å². The zero-order chi connectivity index (χ0) is 15.3. The van der Waals surface area contributed by atoms with E-state index >= 15 is 0 Å². The Morgan fingerprint density at radius 1 is 1.20 bits per heavy atom. The summed E-state index contributed by atoms with van der Waals surface area (Å²) in [6, 6.07) is 4.86. The average molecular weight is 299 g/mol. The second kappa shape index (κ2) is 7.20. The van der Waals surface area contributed by atoms with Crippen LogP contribution in [0.2, 0.25) is 0 Å². The number of rotatable bonds is 7. The summed E-state index contributed by atoms with van der Waals surface area (Å²) < 4.78 is 27.5. The van der Waals surface area contributed by atoms with Gasteiger partial charge in [0.25, 0.3) is 0 Å². The third-order valence-electron chi connectivity index (χ3n) is 3.59. The predicted octanol–water partition coefficient (Wildman–Crippen LogP) is 2.45. The van der Waals surface area contributed by atoms with Crippen LogP contribution in [0.1, 0.15) is 45.2 Å². The van der Waals surface area contributed by atoms with E-state index in [2.05, 4.69) is 4.72 Å². The summed E-state index contributed by atoms with van der Waals surface area (Å²) >= 11 is 0. The van der Waals surface area contributed by atoms with Crippen molar-refractivity contribution in [2.45, 2.75) is 58.1 Å². The van der Waals surface area contributed by atoms with Gasteiger partial charge in [-0.1, -0.05) is 33.8 Å². The van der Waals surface area contributed by atoms with Crippen molar-refractivity contribution >= 4 is 10.0 Å². The second-order valence-electron chi connectivity index (χ2n) is 5.32. The maximum Gasteiger partial charge on any atom is 0.240 e. The topological polar surface area (TPSA) is 66.4 Å². The van der Waals surface area contributed by atoms with Gasteiger partial charge in [0.05, 0.1) is 11.5 Å². The average Bonchev–Trinajstić information content (AvgIpc) is 2.43. The number of aliphatic hydroxyl groups is 1. The fraction of sp³-hybridized carbons (Fsp3) is 0.600. The third kappa shape index (κ3) is 4.04. The molecule has 4 nitrogen and oxygen atoms in total. The zero-order valence-electron chi connectivity index (χ0n) is 12.7. The van der Waals surface area contributed by atoms with E-state index in [0.29, 0.717) is 5.56 Å². The lowest BCUT2D eigenvalue weighted by Gasteiger charge is -2.21. The van der Waals surface area contributed by atoms with Gasteiger partial charge in [0.15, 0.2) is 0 Å². The molecule has 0 amide bonds. The van der Waals surface area contributed by atoms with Crippen LogP contribution >= 0.6 is 0 Å². The lowest BCUT2D eigenvalue weighted by molar-refractivity contribution is 0.280. The molecule has 0 heterocycles. The van der Waals surface area contributed by atoms with Gasteiger partial charge < -0.3 is 5.11 Å². The lowest BCUT2D eigenvalue weighted by Crippen LogP contribution is -2.38. The number of sulfonamides is 1. The standard InChI is InChI=1S/C15H25NO3S/c1-5-12-7-8-14(9-13(12)10-17)20(18,19)16-15(6-2)11(3)4/h7-9,11,15-17H,5-6,10H2,1-4H3. The van der Waals surface area contributed by atoms with E-state index in [-0.39, 0.29) is 23.5 Å². The maximum absolute atomic E-state index is 12.4. The first kappa shape index (κ1) is 17.1. The molecule has 0 radical (unpaired) electrons. The van der Waals surface area contributed by atoms with Crippen LogP contribution in [0, 0.1) is 5.92 Å². The Morgan fingerprint density at radius 3 is 2.30 bits per heavy atom. The molecular formula is C15H25NO3S. The van der Waals surface area contributed by atoms with Gasteiger partial charge in [0.1, 0.15) is 0 Å². The Hall–Kier alpha value is -0.910. The number of hydrogen-bond donors (Lipinski definition) is 2. The SMILES string of the molecule is CCc1ccc(S(=O)(=O)NC(CC)C(C)C)cc1CO. The molecule has 1 aromatic rings. The highest BCUT2D eigenvalue weighted by molar-refractivity contribution is 7.89. The highest BCUT2D eigenvalue weighted by Gasteiger charge is 2.21. The Morgan fingerprint density at radius 2 is 1.85 bits per heavy atom. The van der Waals surface area contributed by atoms with E-state index in [1.54, 1.807) is 18.2 Å². The molecule has 0 saturated heterocycles. The fourth-order valence-electron chi connectivity index (χ4n) is 2.22. The molecule has 0 aromatic heterocycles. The summed E-state index contributed by atoms with van der Waals surface area (Å²) in [7, 11) is -3.54. The van der Waals surface area contributed by atoms with Gasteiger partial charge in [0.2, 0.25) is 10.0 Å². The van der Waals surface area contributed by atoms with Gasteiger partial charge >= 0.3 is 0 Å². The quantitative estimate of drug-likeness (QED) is 0.812. The van der Waals surface area contributed by atoms with Gasteiger partial charge in [0, 0.05) is 6.04 Å². The molecule has 0 aliphatic rings. The van der Waals surface area contributed by atoms with E-state index < -0.39 is 10.0 Å². The smallest absolute Gasteiger partial charge is 0.240 e. The van der Waals surface area contributed by atoms with E-state index in [1.165, 1.54) is 0 Å². The second-order valence-corrected chi connectivity index (χ2v) is 7.04. The highest BCUT2D eigenvalue weighted by atomic mass is 32.2. The molecule has 0 bridgehead atoms. The summed E-state index contributed by atoms with van der Waals surface area (Å²) in [5.74, 6) is 0.238. The molecule has 114 valence electrons. The molecule has 0 saturated carbocycles. The number of nitrogens with one attached hydrogen (secondary N) is 1. The molecular weight excluding hydrogens is 274 g/mol. The van der Waals surface area contributed by atoms with E-state index in [0.717, 1.165) is 18.4 Å². The van der Waals surface area contributed by atoms with Crippen molar-refractivity contribution in [3.63, 3.8) is 0 Å². The van der Waals surface area contributed by atoms with Crippen LogP contribution in [-0.2, 0) is 23.1 Å². The Labute approximate surface area is 122 Å². The zero-order valence-corrected chi connectivity index (χ0v) is 13.5. The molecule has 1 unspecified atom stereocenters. The molecule has 1 rings (SSSR count). The van der Waals surface area contributed by atoms with Gasteiger partial charge in [-0.15, -0.1) is 0 Å². The minimum absolute atomic E-state index is 0.0802. The largest absolute Gasteiger partial charge is 0.392 e. The van der Waals surface area contributed by atoms with Crippen molar-refractivity contribution in [1.29, 1.82) is 0 Å². The van der Waals surface area contributed by atoms with E-state index in [9.17, 15) is 13.5 Å². The van der Waals surface area contributed by atoms with Gasteiger partial charge in [-0.05, 0) is 42.0 Å². The van der Waals surface area contributed by atoms with Crippen molar-refractivity contribution in [3.8, 4) is 0 Å². The molecule has 1 atom stereocenters. The van der Waals surface area contributed by atoms with Crippen LogP contribution in [0.25, 0.3) is 0 Å². The fourth-order valence-corrected chi connectivity index (χ4v) is 3.74. The molecule has 0 aliphatic heterocycles. The number of aryl methyl sites for hydroxylation is 1. The normalized spacial score (nSPS) is 13.7. The van der Waals surface area contributed by atoms with Crippen LogP contribution in [0.4, 0.5) is 0 Å². The van der Waals surface area contributed by atoms with Gasteiger partial charge in [-0.25, -0.2) is 13.1 Å². The van der Waals surface area contributed by atoms with E-state index in [4.69, 9.17) is 0 Å². The van der Waals surface area contributed by atoms with Crippen LogP contribution in [0.3, 0.4) is 0 Å². The monoisotopic (exact) mass is 299 g/mol. The maximum atomic E-state index is 12.4. The minimum Gasteiger partial charge on any atom is -0.392 e. The minimum atomic E-state index is -3.54. The number of benzene rings is 1. The first-order chi connectivity index (χ1) is 9.35. The molecule has 0 aliphatic carbocycles. The molecule has 1 aromatic carbocycles. The van der Waals surface area contributed by atoms with Crippen molar-refractivity contribution in [2.75, 3.05) is 0 Å². The molecule has 20 heavy (non-hydrogen) atoms. The van der Waals surface area contributed by atoms with Gasteiger partial charge in [-0.2, -0.15) is 0 Å². The first-order valence-electron chi connectivity index (χ1n) is 7.10. The number of aliphatic hydroxyl groups excluding tert-OH is 1. The predicted molar refractivity (Wildman–Crippen MR) is 81.0 cm³/mol. The molecule has 0 fully saturated rings. The summed E-state index contributed by atoms with van der Waals surface area (Å²) in [6.45, 7) is 7.79. The summed E-state index contributed by atoms with van der Waals surface area (Å²) in [6.07, 6.45) is 1.52. The third-order valence-corrected chi connectivity index (χ3v) is 5.08. The summed E-state index contributed by atoms with van der Waals surface area (Å²) in [5, 5.41) is 9.34. The van der Waals surface area contributed by atoms with Crippen LogP contribution in [0.5, 0.6) is 0 Å². The van der Waals surface area contributed by atoms with Crippen molar-refractivity contribution < 1.29 is 13.5 Å². The van der Waals surface area contributed by atoms with Gasteiger partial charge in [-0.3, -0.25) is 0 Å². The molecule has 0 spiro atoms. The molecule has 5 heteroatoms. The first-order valence-corrected chi connectivity index (χ1v) is 8.59. The van der Waals surface area contributed by atoms with Crippen LogP contribution in [0.15, 0.2) is 23.1 Å². The molecule has 2 N–H and O–H groups in total. The lowest BCUT2D eigenvalue weighted by atomic mass is 10.0. The highest BCUT2D eigenvalue weighted by Crippen LogP contribution is 2.18. The van der Waals surface area contributed by atoms with Crippen molar-refractivity contribution in [2.24, 2.45) is 5.92 Å². The number of hydrogen-bond acceptors (Lipinski definition) is 3. The summed E-state index contributed by atoms with van der Waals surface area (Å²) in [5.41, 5.74) is 1.65. The van der Waals surface area contributed by atoms with E-state index in [1.807, 2.05) is 27.7 Å². The van der Waals surface area contributed by atoms with Crippen molar-refractivity contribution in [3.05, 3.63) is 29.3 Å². The van der Waals surface area contributed by atoms with Crippen molar-refractivity contribution in [1.82, 2.24) is 4.72 Å². The Balaban J connectivity index is 3.09. The summed E-state index contributed by atoms with van der Waals surface area (Å²) in [4.78, 5) is 0.220. The van der Waals surface area contributed by atoms with Crippen LogP contribution < -0.4 is 4.72 Å². The Bertz CT molecular complexity index is 538.